The van der Waals surface area contributed by atoms with Crippen LogP contribution in [0, 0.1) is 0 Å². The molecular weight excluding hydrogens is 212 g/mol. The van der Waals surface area contributed by atoms with Crippen molar-refractivity contribution >= 4 is 0 Å². The third-order valence-corrected chi connectivity index (χ3v) is 3.09. The van der Waals surface area contributed by atoms with Crippen LogP contribution in [-0.4, -0.2) is 37.7 Å². The van der Waals surface area contributed by atoms with Crippen LogP contribution in [0.5, 0.6) is 5.75 Å². The first-order valence-corrected chi connectivity index (χ1v) is 6.31. The summed E-state index contributed by atoms with van der Waals surface area (Å²) < 4.78 is 4.91. The number of benzene rings is 1. The number of likely N-dealkylation sites (tertiary alicyclic amines) is 1. The predicted molar refractivity (Wildman–Crippen MR) is 72.3 cm³/mol. The average Bonchev–Trinajstić information content (AvgIpc) is 2.78. The molecule has 0 aliphatic carbocycles. The van der Waals surface area contributed by atoms with Crippen molar-refractivity contribution in [2.24, 2.45) is 5.73 Å². The minimum atomic E-state index is 0.786. The first-order chi connectivity index (χ1) is 8.27. The summed E-state index contributed by atoms with van der Waals surface area (Å²) in [7, 11) is 1.66. The second kappa shape index (κ2) is 8.09. The van der Waals surface area contributed by atoms with Crippen molar-refractivity contribution in [3.05, 3.63) is 30.3 Å². The molecule has 17 heavy (non-hydrogen) atoms. The molecule has 3 nitrogen and oxygen atoms in total. The molecule has 0 amide bonds. The van der Waals surface area contributed by atoms with E-state index in [0.29, 0.717) is 0 Å². The van der Waals surface area contributed by atoms with Crippen LogP contribution >= 0.6 is 0 Å². The molecule has 0 spiro atoms. The van der Waals surface area contributed by atoms with Crippen molar-refractivity contribution in [1.82, 2.24) is 4.90 Å². The smallest absolute Gasteiger partial charge is 0.118 e. The monoisotopic (exact) mass is 236 g/mol. The number of para-hydroxylation sites is 1. The molecule has 1 aliphatic heterocycles. The number of nitrogens with zero attached hydrogens (tertiary/aromatic N) is 1. The number of hydrogen-bond acceptors (Lipinski definition) is 3. The highest BCUT2D eigenvalue weighted by Crippen LogP contribution is 2.14. The lowest BCUT2D eigenvalue weighted by molar-refractivity contribution is 0.276. The van der Waals surface area contributed by atoms with Crippen LogP contribution < -0.4 is 10.5 Å². The zero-order chi connectivity index (χ0) is 12.5. The number of nitrogens with two attached hydrogens (primary N) is 1. The van der Waals surface area contributed by atoms with Gasteiger partial charge in [-0.05, 0) is 38.4 Å². The SMILES string of the molecule is CC1CCCN1CCN.COc1ccccc1. The van der Waals surface area contributed by atoms with Gasteiger partial charge >= 0.3 is 0 Å². The van der Waals surface area contributed by atoms with Crippen LogP contribution in [0.3, 0.4) is 0 Å². The van der Waals surface area contributed by atoms with Crippen molar-refractivity contribution in [2.45, 2.75) is 25.8 Å². The second-order valence-corrected chi connectivity index (χ2v) is 4.33. The average molecular weight is 236 g/mol. The van der Waals surface area contributed by atoms with Crippen LogP contribution in [0.25, 0.3) is 0 Å². The fraction of sp³-hybridized carbons (Fsp3) is 0.571. The molecule has 1 heterocycles. The molecule has 0 radical (unpaired) electrons. The van der Waals surface area contributed by atoms with Crippen molar-refractivity contribution in [3.8, 4) is 5.75 Å². The summed E-state index contributed by atoms with van der Waals surface area (Å²) in [5.41, 5.74) is 5.43. The lowest BCUT2D eigenvalue weighted by Crippen LogP contribution is -2.31. The Kier molecular flexibility index (Phi) is 6.67. The number of hydrogen-bond donors (Lipinski definition) is 1. The first-order valence-electron chi connectivity index (χ1n) is 6.31. The fourth-order valence-electron chi connectivity index (χ4n) is 2.05. The maximum atomic E-state index is 5.43. The van der Waals surface area contributed by atoms with E-state index in [9.17, 15) is 0 Å². The molecular formula is C14H24N2O. The van der Waals surface area contributed by atoms with Gasteiger partial charge in [0.25, 0.3) is 0 Å². The van der Waals surface area contributed by atoms with Gasteiger partial charge in [0.15, 0.2) is 0 Å². The molecule has 1 fully saturated rings. The third kappa shape index (κ3) is 5.20. The summed E-state index contributed by atoms with van der Waals surface area (Å²) in [5.74, 6) is 0.910. The molecule has 0 bridgehead atoms. The largest absolute Gasteiger partial charge is 0.497 e. The highest BCUT2D eigenvalue weighted by molar-refractivity contribution is 5.20. The van der Waals surface area contributed by atoms with E-state index in [0.717, 1.165) is 24.9 Å². The van der Waals surface area contributed by atoms with Gasteiger partial charge in [0.1, 0.15) is 5.75 Å². The summed E-state index contributed by atoms with van der Waals surface area (Å²) in [5, 5.41) is 0. The van der Waals surface area contributed by atoms with E-state index in [1.807, 2.05) is 30.3 Å². The molecule has 1 unspecified atom stereocenters. The molecule has 1 aromatic rings. The molecule has 3 heteroatoms. The van der Waals surface area contributed by atoms with Crippen molar-refractivity contribution in [2.75, 3.05) is 26.7 Å². The van der Waals surface area contributed by atoms with Crippen molar-refractivity contribution in [1.29, 1.82) is 0 Å². The first kappa shape index (κ1) is 14.0. The van der Waals surface area contributed by atoms with E-state index in [4.69, 9.17) is 10.5 Å². The Morgan fingerprint density at radius 1 is 1.35 bits per heavy atom. The van der Waals surface area contributed by atoms with E-state index in [-0.39, 0.29) is 0 Å². The van der Waals surface area contributed by atoms with Gasteiger partial charge in [-0.25, -0.2) is 0 Å². The van der Waals surface area contributed by atoms with Gasteiger partial charge in [0.05, 0.1) is 7.11 Å². The number of methoxy groups -OCH3 is 1. The van der Waals surface area contributed by atoms with Gasteiger partial charge in [-0.2, -0.15) is 0 Å². The Hall–Kier alpha value is -1.06. The van der Waals surface area contributed by atoms with Crippen LogP contribution in [0.15, 0.2) is 30.3 Å². The minimum absolute atomic E-state index is 0.786. The van der Waals surface area contributed by atoms with E-state index in [2.05, 4.69) is 11.8 Å². The molecule has 96 valence electrons. The van der Waals surface area contributed by atoms with Gasteiger partial charge in [-0.15, -0.1) is 0 Å². The lowest BCUT2D eigenvalue weighted by atomic mass is 10.2. The molecule has 1 atom stereocenters. The summed E-state index contributed by atoms with van der Waals surface area (Å²) in [6.45, 7) is 5.44. The second-order valence-electron chi connectivity index (χ2n) is 4.33. The van der Waals surface area contributed by atoms with Crippen molar-refractivity contribution < 1.29 is 4.74 Å². The Bertz CT molecular complexity index is 290. The quantitative estimate of drug-likeness (QED) is 0.873. The summed E-state index contributed by atoms with van der Waals surface area (Å²) in [4.78, 5) is 2.46. The zero-order valence-corrected chi connectivity index (χ0v) is 10.9. The molecule has 0 aromatic heterocycles. The van der Waals surface area contributed by atoms with Crippen molar-refractivity contribution in [3.63, 3.8) is 0 Å². The highest BCUT2D eigenvalue weighted by atomic mass is 16.5. The highest BCUT2D eigenvalue weighted by Gasteiger charge is 2.18. The van der Waals surface area contributed by atoms with E-state index in [1.54, 1.807) is 7.11 Å². The van der Waals surface area contributed by atoms with Crippen LogP contribution in [0.1, 0.15) is 19.8 Å². The summed E-state index contributed by atoms with van der Waals surface area (Å²) in [6.07, 6.45) is 2.72. The van der Waals surface area contributed by atoms with Crippen LogP contribution in [0.2, 0.25) is 0 Å². The van der Waals surface area contributed by atoms with Crippen LogP contribution in [-0.2, 0) is 0 Å². The normalized spacial score (nSPS) is 19.6. The lowest BCUT2D eigenvalue weighted by Gasteiger charge is -2.19. The minimum Gasteiger partial charge on any atom is -0.497 e. The van der Waals surface area contributed by atoms with Gasteiger partial charge in [-0.3, -0.25) is 4.90 Å². The van der Waals surface area contributed by atoms with Gasteiger partial charge < -0.3 is 10.5 Å². The molecule has 0 saturated carbocycles. The Morgan fingerprint density at radius 3 is 2.47 bits per heavy atom. The van der Waals surface area contributed by atoms with E-state index >= 15 is 0 Å². The Morgan fingerprint density at radius 2 is 2.06 bits per heavy atom. The molecule has 1 aliphatic rings. The zero-order valence-electron chi connectivity index (χ0n) is 10.9. The molecule has 2 rings (SSSR count). The molecule has 1 saturated heterocycles. The maximum Gasteiger partial charge on any atom is 0.118 e. The summed E-state index contributed by atoms with van der Waals surface area (Å²) in [6, 6.07) is 10.5. The summed E-state index contributed by atoms with van der Waals surface area (Å²) >= 11 is 0. The standard InChI is InChI=1S/C7H16N2.C7H8O/c1-7-3-2-5-9(7)6-4-8;1-8-7-5-3-2-4-6-7/h7H,2-6,8H2,1H3;2-6H,1H3. The third-order valence-electron chi connectivity index (χ3n) is 3.09. The topological polar surface area (TPSA) is 38.5 Å². The van der Waals surface area contributed by atoms with Gasteiger partial charge in [0, 0.05) is 19.1 Å². The van der Waals surface area contributed by atoms with Gasteiger partial charge in [-0.1, -0.05) is 18.2 Å². The van der Waals surface area contributed by atoms with E-state index in [1.165, 1.54) is 19.4 Å². The predicted octanol–water partition coefficient (Wildman–Crippen LogP) is 2.12. The molecule has 2 N–H and O–H groups in total. The molecule has 1 aromatic carbocycles. The maximum absolute atomic E-state index is 5.43. The Balaban J connectivity index is 0.000000171. The number of ether oxygens (including phenoxy) is 1. The Labute approximate surface area is 105 Å². The fourth-order valence-corrected chi connectivity index (χ4v) is 2.05. The van der Waals surface area contributed by atoms with Crippen LogP contribution in [0.4, 0.5) is 0 Å². The van der Waals surface area contributed by atoms with E-state index < -0.39 is 0 Å². The number of rotatable bonds is 3. The van der Waals surface area contributed by atoms with Gasteiger partial charge in [0.2, 0.25) is 0 Å².